The fraction of sp³-hybridized carbons (Fsp3) is 0.667. The van der Waals surface area contributed by atoms with E-state index in [1.165, 1.54) is 11.5 Å². The van der Waals surface area contributed by atoms with Gasteiger partial charge in [0.15, 0.2) is 0 Å². The number of aliphatic carboxylic acids is 1. The van der Waals surface area contributed by atoms with Crippen molar-refractivity contribution >= 4 is 22.6 Å². The topological polar surface area (TPSA) is 66.3 Å². The molecule has 0 radical (unpaired) electrons. The summed E-state index contributed by atoms with van der Waals surface area (Å²) in [5.41, 5.74) is -0.968. The first-order valence-corrected chi connectivity index (χ1v) is 5.46. The summed E-state index contributed by atoms with van der Waals surface area (Å²) in [5, 5.41) is 9.69. The number of carboxylic acids is 1. The van der Waals surface area contributed by atoms with Gasteiger partial charge in [0.1, 0.15) is 11.4 Å². The third-order valence-corrected chi connectivity index (χ3v) is 3.25. The molecule has 5 nitrogen and oxygen atoms in total. The van der Waals surface area contributed by atoms with Crippen LogP contribution in [0.4, 0.5) is 5.13 Å². The second-order valence-corrected chi connectivity index (χ2v) is 4.50. The number of rotatable bonds is 4. The Morgan fingerprint density at radius 1 is 1.60 bits per heavy atom. The van der Waals surface area contributed by atoms with Gasteiger partial charge in [0.05, 0.1) is 0 Å². The Kier molecular flexibility index (Phi) is 3.28. The van der Waals surface area contributed by atoms with Crippen molar-refractivity contribution in [1.82, 2.24) is 9.36 Å². The van der Waals surface area contributed by atoms with Gasteiger partial charge in [-0.1, -0.05) is 6.92 Å². The van der Waals surface area contributed by atoms with Crippen LogP contribution in [0.1, 0.15) is 26.6 Å². The SMILES string of the molecule is CCc1nsc(N(C)C(C)(C)C(=O)O)n1. The molecule has 0 bridgehead atoms. The van der Waals surface area contributed by atoms with E-state index in [2.05, 4.69) is 9.36 Å². The smallest absolute Gasteiger partial charge is 0.329 e. The molecule has 1 rings (SSSR count). The Morgan fingerprint density at radius 3 is 2.60 bits per heavy atom. The number of aromatic nitrogens is 2. The third-order valence-electron chi connectivity index (χ3n) is 2.42. The maximum absolute atomic E-state index is 11.0. The van der Waals surface area contributed by atoms with Gasteiger partial charge in [-0.15, -0.1) is 0 Å². The number of aryl methyl sites for hydroxylation is 1. The molecule has 0 atom stereocenters. The highest BCUT2D eigenvalue weighted by Crippen LogP contribution is 2.24. The maximum atomic E-state index is 11.0. The molecule has 15 heavy (non-hydrogen) atoms. The van der Waals surface area contributed by atoms with Gasteiger partial charge < -0.3 is 10.0 Å². The van der Waals surface area contributed by atoms with Crippen LogP contribution in [-0.2, 0) is 11.2 Å². The van der Waals surface area contributed by atoms with Crippen molar-refractivity contribution in [3.8, 4) is 0 Å². The summed E-state index contributed by atoms with van der Waals surface area (Å²) in [6.07, 6.45) is 0.762. The molecule has 0 saturated carbocycles. The van der Waals surface area contributed by atoms with Crippen molar-refractivity contribution in [3.63, 3.8) is 0 Å². The fourth-order valence-electron chi connectivity index (χ4n) is 0.907. The van der Waals surface area contributed by atoms with Gasteiger partial charge in [0.25, 0.3) is 0 Å². The summed E-state index contributed by atoms with van der Waals surface area (Å²) >= 11 is 1.23. The van der Waals surface area contributed by atoms with Gasteiger partial charge >= 0.3 is 5.97 Å². The molecule has 1 N–H and O–H groups in total. The monoisotopic (exact) mass is 229 g/mol. The number of likely N-dealkylation sites (N-methyl/N-ethyl adjacent to an activating group) is 1. The second kappa shape index (κ2) is 4.14. The van der Waals surface area contributed by atoms with Crippen molar-refractivity contribution in [2.24, 2.45) is 0 Å². The summed E-state index contributed by atoms with van der Waals surface area (Å²) in [6.45, 7) is 5.25. The van der Waals surface area contributed by atoms with Gasteiger partial charge in [-0.3, -0.25) is 0 Å². The molecule has 0 aliphatic heterocycles. The average Bonchev–Trinajstić information content (AvgIpc) is 2.64. The first-order valence-electron chi connectivity index (χ1n) is 4.69. The number of carbonyl (C=O) groups is 1. The molecule has 0 aliphatic carbocycles. The lowest BCUT2D eigenvalue weighted by Gasteiger charge is -2.30. The van der Waals surface area contributed by atoms with Gasteiger partial charge in [-0.25, -0.2) is 9.78 Å². The normalized spacial score (nSPS) is 11.5. The average molecular weight is 229 g/mol. The first-order chi connectivity index (χ1) is 6.89. The molecular weight excluding hydrogens is 214 g/mol. The standard InChI is InChI=1S/C9H15N3O2S/c1-5-6-10-8(15-11-6)12(4)9(2,3)7(13)14/h5H2,1-4H3,(H,13,14). The Hall–Kier alpha value is -1.17. The van der Waals surface area contributed by atoms with Crippen molar-refractivity contribution < 1.29 is 9.90 Å². The van der Waals surface area contributed by atoms with Gasteiger partial charge in [0, 0.05) is 25.0 Å². The van der Waals surface area contributed by atoms with E-state index in [4.69, 9.17) is 5.11 Å². The molecule has 0 unspecified atom stereocenters. The minimum Gasteiger partial charge on any atom is -0.480 e. The summed E-state index contributed by atoms with van der Waals surface area (Å²) in [5.74, 6) is -0.124. The number of nitrogens with zero attached hydrogens (tertiary/aromatic N) is 3. The van der Waals surface area contributed by atoms with Gasteiger partial charge in [-0.05, 0) is 13.8 Å². The quantitative estimate of drug-likeness (QED) is 0.845. The highest BCUT2D eigenvalue weighted by molar-refractivity contribution is 7.09. The Labute approximate surface area is 92.9 Å². The Morgan fingerprint density at radius 2 is 2.20 bits per heavy atom. The van der Waals surface area contributed by atoms with E-state index in [0.29, 0.717) is 5.13 Å². The van der Waals surface area contributed by atoms with E-state index in [1.54, 1.807) is 25.8 Å². The zero-order chi connectivity index (χ0) is 11.6. The number of hydrogen-bond donors (Lipinski definition) is 1. The first kappa shape index (κ1) is 11.9. The Bertz CT molecular complexity index is 362. The summed E-state index contributed by atoms with van der Waals surface area (Å²) in [7, 11) is 1.72. The van der Waals surface area contributed by atoms with Crippen LogP contribution in [0.5, 0.6) is 0 Å². The van der Waals surface area contributed by atoms with Crippen LogP contribution in [0, 0.1) is 0 Å². The zero-order valence-electron chi connectivity index (χ0n) is 9.31. The van der Waals surface area contributed by atoms with E-state index in [-0.39, 0.29) is 0 Å². The molecule has 0 spiro atoms. The third kappa shape index (κ3) is 2.26. The van der Waals surface area contributed by atoms with E-state index in [0.717, 1.165) is 12.2 Å². The predicted octanol–water partition coefficient (Wildman–Crippen LogP) is 1.40. The summed E-state index contributed by atoms with van der Waals surface area (Å²) in [6, 6.07) is 0. The highest BCUT2D eigenvalue weighted by atomic mass is 32.1. The van der Waals surface area contributed by atoms with Gasteiger partial charge in [-0.2, -0.15) is 4.37 Å². The summed E-state index contributed by atoms with van der Waals surface area (Å²) < 4.78 is 4.12. The number of anilines is 1. The summed E-state index contributed by atoms with van der Waals surface area (Å²) in [4.78, 5) is 16.9. The molecule has 0 amide bonds. The molecule has 6 heteroatoms. The molecule has 1 aromatic rings. The molecule has 84 valence electrons. The largest absolute Gasteiger partial charge is 0.480 e. The van der Waals surface area contributed by atoms with Crippen LogP contribution >= 0.6 is 11.5 Å². The lowest BCUT2D eigenvalue weighted by atomic mass is 10.1. The van der Waals surface area contributed by atoms with E-state index in [1.807, 2.05) is 6.92 Å². The fourth-order valence-corrected chi connectivity index (χ4v) is 1.76. The van der Waals surface area contributed by atoms with E-state index >= 15 is 0 Å². The predicted molar refractivity (Wildman–Crippen MR) is 59.4 cm³/mol. The van der Waals surface area contributed by atoms with Crippen LogP contribution in [0.3, 0.4) is 0 Å². The zero-order valence-corrected chi connectivity index (χ0v) is 10.1. The van der Waals surface area contributed by atoms with Crippen molar-refractivity contribution in [1.29, 1.82) is 0 Å². The molecule has 1 aromatic heterocycles. The van der Waals surface area contributed by atoms with Crippen LogP contribution < -0.4 is 4.90 Å². The van der Waals surface area contributed by atoms with E-state index in [9.17, 15) is 4.79 Å². The molecule has 0 aromatic carbocycles. The number of carboxylic acid groups (broad SMARTS) is 1. The van der Waals surface area contributed by atoms with Crippen molar-refractivity contribution in [3.05, 3.63) is 5.82 Å². The lowest BCUT2D eigenvalue weighted by Crippen LogP contribution is -2.48. The van der Waals surface area contributed by atoms with Crippen molar-refractivity contribution in [2.75, 3.05) is 11.9 Å². The number of hydrogen-bond acceptors (Lipinski definition) is 5. The molecule has 0 saturated heterocycles. The maximum Gasteiger partial charge on any atom is 0.329 e. The lowest BCUT2D eigenvalue weighted by molar-refractivity contribution is -0.142. The second-order valence-electron chi connectivity index (χ2n) is 3.77. The van der Waals surface area contributed by atoms with Crippen LogP contribution in [0.2, 0.25) is 0 Å². The van der Waals surface area contributed by atoms with Crippen LogP contribution in [0.25, 0.3) is 0 Å². The molecule has 0 aliphatic rings. The van der Waals surface area contributed by atoms with Gasteiger partial charge in [0.2, 0.25) is 5.13 Å². The highest BCUT2D eigenvalue weighted by Gasteiger charge is 2.33. The molecular formula is C9H15N3O2S. The molecule has 1 heterocycles. The minimum atomic E-state index is -0.968. The van der Waals surface area contributed by atoms with E-state index < -0.39 is 11.5 Å². The van der Waals surface area contributed by atoms with Crippen molar-refractivity contribution in [2.45, 2.75) is 32.7 Å². The van der Waals surface area contributed by atoms with Crippen LogP contribution in [0.15, 0.2) is 0 Å². The van der Waals surface area contributed by atoms with Crippen LogP contribution in [-0.4, -0.2) is 33.0 Å². The minimum absolute atomic E-state index is 0.638. The molecule has 0 fully saturated rings. The Balaban J connectivity index is 2.93.